The standard InChI is InChI=1S/C13H21N7/c1-6-14-11-8(2)12(18-10(4)17-11)16-9(3)13-19-15-7-20(13)5/h7,9H,6H2,1-5H3,(H2,14,16,17,18). The molecule has 0 aliphatic heterocycles. The van der Waals surface area contributed by atoms with Crippen molar-refractivity contribution in [2.24, 2.45) is 7.05 Å². The van der Waals surface area contributed by atoms with E-state index in [1.165, 1.54) is 0 Å². The van der Waals surface area contributed by atoms with E-state index in [0.717, 1.165) is 35.4 Å². The Labute approximate surface area is 118 Å². The molecule has 0 radical (unpaired) electrons. The number of aromatic nitrogens is 5. The molecule has 2 rings (SSSR count). The highest BCUT2D eigenvalue weighted by atomic mass is 15.3. The monoisotopic (exact) mass is 275 g/mol. The summed E-state index contributed by atoms with van der Waals surface area (Å²) in [5.74, 6) is 3.29. The van der Waals surface area contributed by atoms with Gasteiger partial charge in [0.25, 0.3) is 0 Å². The van der Waals surface area contributed by atoms with Gasteiger partial charge >= 0.3 is 0 Å². The van der Waals surface area contributed by atoms with Crippen molar-refractivity contribution in [1.82, 2.24) is 24.7 Å². The summed E-state index contributed by atoms with van der Waals surface area (Å²) in [6, 6.07) is 0.0185. The molecule has 0 aliphatic carbocycles. The van der Waals surface area contributed by atoms with E-state index in [1.54, 1.807) is 6.33 Å². The maximum atomic E-state index is 4.48. The van der Waals surface area contributed by atoms with E-state index in [1.807, 2.05) is 39.3 Å². The van der Waals surface area contributed by atoms with Gasteiger partial charge in [-0.15, -0.1) is 10.2 Å². The van der Waals surface area contributed by atoms with E-state index in [2.05, 4.69) is 30.8 Å². The first-order valence-electron chi connectivity index (χ1n) is 6.72. The van der Waals surface area contributed by atoms with E-state index in [9.17, 15) is 0 Å². The van der Waals surface area contributed by atoms with Gasteiger partial charge in [-0.05, 0) is 27.7 Å². The van der Waals surface area contributed by atoms with Crippen molar-refractivity contribution in [2.75, 3.05) is 17.2 Å². The van der Waals surface area contributed by atoms with Crippen LogP contribution in [0.5, 0.6) is 0 Å². The number of hydrogen-bond acceptors (Lipinski definition) is 6. The summed E-state index contributed by atoms with van der Waals surface area (Å²) < 4.78 is 1.90. The molecule has 0 saturated heterocycles. The molecule has 2 aromatic heterocycles. The third kappa shape index (κ3) is 2.87. The van der Waals surface area contributed by atoms with Gasteiger partial charge in [-0.3, -0.25) is 0 Å². The number of hydrogen-bond donors (Lipinski definition) is 2. The Balaban J connectivity index is 2.27. The first-order chi connectivity index (χ1) is 9.52. The lowest BCUT2D eigenvalue weighted by Gasteiger charge is -2.17. The van der Waals surface area contributed by atoms with E-state index in [0.29, 0.717) is 0 Å². The Morgan fingerprint density at radius 3 is 2.55 bits per heavy atom. The zero-order valence-electron chi connectivity index (χ0n) is 12.6. The van der Waals surface area contributed by atoms with Gasteiger partial charge in [0.2, 0.25) is 0 Å². The van der Waals surface area contributed by atoms with Crippen molar-refractivity contribution in [3.8, 4) is 0 Å². The normalized spacial score (nSPS) is 12.2. The number of anilines is 2. The molecular weight excluding hydrogens is 254 g/mol. The molecule has 2 N–H and O–H groups in total. The van der Waals surface area contributed by atoms with E-state index in [-0.39, 0.29) is 6.04 Å². The summed E-state index contributed by atoms with van der Waals surface area (Å²) in [6.45, 7) is 8.80. The van der Waals surface area contributed by atoms with Gasteiger partial charge in [-0.1, -0.05) is 0 Å². The largest absolute Gasteiger partial charge is 0.370 e. The summed E-state index contributed by atoms with van der Waals surface area (Å²) in [5.41, 5.74) is 1.01. The molecule has 0 aromatic carbocycles. The molecule has 0 aliphatic rings. The third-order valence-corrected chi connectivity index (χ3v) is 3.09. The third-order valence-electron chi connectivity index (χ3n) is 3.09. The Morgan fingerprint density at radius 2 is 1.95 bits per heavy atom. The van der Waals surface area contributed by atoms with Crippen molar-refractivity contribution < 1.29 is 0 Å². The molecule has 0 amide bonds. The first-order valence-corrected chi connectivity index (χ1v) is 6.72. The van der Waals surface area contributed by atoms with Crippen LogP contribution in [0, 0.1) is 13.8 Å². The summed E-state index contributed by atoms with van der Waals surface area (Å²) in [6.07, 6.45) is 1.69. The van der Waals surface area contributed by atoms with Gasteiger partial charge in [0.1, 0.15) is 23.8 Å². The average molecular weight is 275 g/mol. The van der Waals surface area contributed by atoms with Crippen LogP contribution in [-0.4, -0.2) is 31.3 Å². The van der Waals surface area contributed by atoms with Crippen LogP contribution in [0.15, 0.2) is 6.33 Å². The lowest BCUT2D eigenvalue weighted by Crippen LogP contribution is -2.15. The lowest BCUT2D eigenvalue weighted by atomic mass is 10.2. The van der Waals surface area contributed by atoms with Crippen LogP contribution in [0.4, 0.5) is 11.6 Å². The topological polar surface area (TPSA) is 80.6 Å². The predicted molar refractivity (Wildman–Crippen MR) is 78.7 cm³/mol. The molecule has 7 nitrogen and oxygen atoms in total. The molecule has 20 heavy (non-hydrogen) atoms. The van der Waals surface area contributed by atoms with E-state index >= 15 is 0 Å². The van der Waals surface area contributed by atoms with Crippen molar-refractivity contribution in [1.29, 1.82) is 0 Å². The van der Waals surface area contributed by atoms with Gasteiger partial charge in [-0.25, -0.2) is 9.97 Å². The second kappa shape index (κ2) is 5.85. The fourth-order valence-electron chi connectivity index (χ4n) is 2.06. The molecular formula is C13H21N7. The number of rotatable bonds is 5. The van der Waals surface area contributed by atoms with E-state index < -0.39 is 0 Å². The van der Waals surface area contributed by atoms with E-state index in [4.69, 9.17) is 0 Å². The SMILES string of the molecule is CCNc1nc(C)nc(NC(C)c2nncn2C)c1C. The molecule has 2 aromatic rings. The zero-order valence-corrected chi connectivity index (χ0v) is 12.6. The summed E-state index contributed by atoms with van der Waals surface area (Å²) in [5, 5.41) is 14.6. The Bertz CT molecular complexity index is 590. The molecule has 108 valence electrons. The zero-order chi connectivity index (χ0) is 14.7. The molecule has 0 fully saturated rings. The quantitative estimate of drug-likeness (QED) is 0.866. The summed E-state index contributed by atoms with van der Waals surface area (Å²) in [7, 11) is 1.93. The van der Waals surface area contributed by atoms with Crippen LogP contribution in [0.25, 0.3) is 0 Å². The second-order valence-corrected chi connectivity index (χ2v) is 4.79. The highest BCUT2D eigenvalue weighted by molar-refractivity contribution is 5.57. The molecule has 0 saturated carbocycles. The number of aryl methyl sites for hydroxylation is 2. The Kier molecular flexibility index (Phi) is 4.16. The van der Waals surface area contributed by atoms with Crippen molar-refractivity contribution in [3.05, 3.63) is 23.5 Å². The van der Waals surface area contributed by atoms with Crippen LogP contribution in [-0.2, 0) is 7.05 Å². The van der Waals surface area contributed by atoms with Crippen molar-refractivity contribution in [3.63, 3.8) is 0 Å². The number of nitrogens with zero attached hydrogens (tertiary/aromatic N) is 5. The van der Waals surface area contributed by atoms with Crippen LogP contribution < -0.4 is 10.6 Å². The van der Waals surface area contributed by atoms with Crippen LogP contribution in [0.3, 0.4) is 0 Å². The predicted octanol–water partition coefficient (Wildman–Crippen LogP) is 1.83. The van der Waals surface area contributed by atoms with Crippen LogP contribution in [0.2, 0.25) is 0 Å². The highest BCUT2D eigenvalue weighted by Crippen LogP contribution is 2.23. The molecule has 1 atom stereocenters. The van der Waals surface area contributed by atoms with Gasteiger partial charge in [0, 0.05) is 19.2 Å². The Morgan fingerprint density at radius 1 is 1.25 bits per heavy atom. The maximum Gasteiger partial charge on any atom is 0.154 e. The summed E-state index contributed by atoms with van der Waals surface area (Å²) >= 11 is 0. The van der Waals surface area contributed by atoms with Crippen LogP contribution in [0.1, 0.15) is 37.1 Å². The molecule has 7 heteroatoms. The average Bonchev–Trinajstić information content (AvgIpc) is 2.81. The summed E-state index contributed by atoms with van der Waals surface area (Å²) in [4.78, 5) is 8.89. The lowest BCUT2D eigenvalue weighted by molar-refractivity contribution is 0.714. The maximum absolute atomic E-state index is 4.48. The van der Waals surface area contributed by atoms with Crippen molar-refractivity contribution >= 4 is 11.6 Å². The minimum absolute atomic E-state index is 0.0185. The van der Waals surface area contributed by atoms with Gasteiger partial charge in [-0.2, -0.15) is 0 Å². The van der Waals surface area contributed by atoms with Crippen LogP contribution >= 0.6 is 0 Å². The minimum Gasteiger partial charge on any atom is -0.370 e. The van der Waals surface area contributed by atoms with Gasteiger partial charge < -0.3 is 15.2 Å². The smallest absolute Gasteiger partial charge is 0.154 e. The second-order valence-electron chi connectivity index (χ2n) is 4.79. The molecule has 1 unspecified atom stereocenters. The number of nitrogens with one attached hydrogen (secondary N) is 2. The Hall–Kier alpha value is -2.18. The molecule has 0 bridgehead atoms. The van der Waals surface area contributed by atoms with Gasteiger partial charge in [0.15, 0.2) is 5.82 Å². The first kappa shape index (κ1) is 14.2. The minimum atomic E-state index is 0.0185. The highest BCUT2D eigenvalue weighted by Gasteiger charge is 2.15. The fraction of sp³-hybridized carbons (Fsp3) is 0.538. The van der Waals surface area contributed by atoms with Gasteiger partial charge in [0.05, 0.1) is 6.04 Å². The molecule has 0 spiro atoms. The molecule has 2 heterocycles. The van der Waals surface area contributed by atoms with Crippen molar-refractivity contribution in [2.45, 2.75) is 33.7 Å². The fourth-order valence-corrected chi connectivity index (χ4v) is 2.06.